The van der Waals surface area contributed by atoms with E-state index in [0.29, 0.717) is 6.61 Å². The number of fused-ring (bicyclic) bond motifs is 1. The summed E-state index contributed by atoms with van der Waals surface area (Å²) in [5.41, 5.74) is 2.29. The van der Waals surface area contributed by atoms with Crippen LogP contribution in [0.2, 0.25) is 0 Å². The number of hydrogen-bond acceptors (Lipinski definition) is 3. The van der Waals surface area contributed by atoms with Crippen molar-refractivity contribution < 1.29 is 9.84 Å². The second kappa shape index (κ2) is 5.65. The quantitative estimate of drug-likeness (QED) is 0.895. The summed E-state index contributed by atoms with van der Waals surface area (Å²) in [7, 11) is 0. The van der Waals surface area contributed by atoms with Crippen LogP contribution in [-0.4, -0.2) is 5.11 Å². The van der Waals surface area contributed by atoms with Gasteiger partial charge in [0.15, 0.2) is 0 Å². The SMILES string of the molecule is OC1CCCc2ccc(OCc3cc(Br)cs3)cc21. The van der Waals surface area contributed by atoms with Gasteiger partial charge in [-0.1, -0.05) is 6.07 Å². The van der Waals surface area contributed by atoms with Gasteiger partial charge in [0.05, 0.1) is 6.10 Å². The number of thiophene rings is 1. The molecular weight excluding hydrogens is 324 g/mol. The molecule has 0 amide bonds. The van der Waals surface area contributed by atoms with Crippen LogP contribution >= 0.6 is 27.3 Å². The van der Waals surface area contributed by atoms with Crippen LogP contribution in [0.15, 0.2) is 34.1 Å². The fourth-order valence-electron chi connectivity index (χ4n) is 2.43. The summed E-state index contributed by atoms with van der Waals surface area (Å²) in [6, 6.07) is 8.14. The lowest BCUT2D eigenvalue weighted by Crippen LogP contribution is -2.09. The average molecular weight is 339 g/mol. The van der Waals surface area contributed by atoms with Crippen molar-refractivity contribution in [2.24, 2.45) is 0 Å². The summed E-state index contributed by atoms with van der Waals surface area (Å²) in [5, 5.41) is 12.1. The molecule has 1 aliphatic rings. The minimum Gasteiger partial charge on any atom is -0.488 e. The molecule has 2 nitrogen and oxygen atoms in total. The molecule has 0 bridgehead atoms. The highest BCUT2D eigenvalue weighted by molar-refractivity contribution is 9.10. The molecule has 4 heteroatoms. The Kier molecular flexibility index (Phi) is 3.91. The third-order valence-corrected chi connectivity index (χ3v) is 5.07. The standard InChI is InChI=1S/C15H15BrO2S/c16-11-6-13(19-9-11)8-18-12-5-4-10-2-1-3-15(17)14(10)7-12/h4-7,9,15,17H,1-3,8H2. The number of halogens is 1. The maximum atomic E-state index is 10.0. The molecule has 1 aromatic heterocycles. The summed E-state index contributed by atoms with van der Waals surface area (Å²) < 4.78 is 6.89. The molecular formula is C15H15BrO2S. The zero-order chi connectivity index (χ0) is 13.2. The molecule has 1 unspecified atom stereocenters. The molecule has 100 valence electrons. The Hall–Kier alpha value is -0.840. The Morgan fingerprint density at radius 3 is 3.05 bits per heavy atom. The normalized spacial score (nSPS) is 18.1. The molecule has 1 atom stereocenters. The van der Waals surface area contributed by atoms with Gasteiger partial charge in [-0.25, -0.2) is 0 Å². The minimum absolute atomic E-state index is 0.330. The van der Waals surface area contributed by atoms with Crippen molar-refractivity contribution in [1.82, 2.24) is 0 Å². The van der Waals surface area contributed by atoms with Crippen molar-refractivity contribution in [1.29, 1.82) is 0 Å². The van der Waals surface area contributed by atoms with Crippen LogP contribution in [-0.2, 0) is 13.0 Å². The first-order valence-electron chi connectivity index (χ1n) is 6.39. The van der Waals surface area contributed by atoms with Crippen LogP contribution in [0, 0.1) is 0 Å². The number of benzene rings is 1. The highest BCUT2D eigenvalue weighted by atomic mass is 79.9. The predicted molar refractivity (Wildman–Crippen MR) is 80.7 cm³/mol. The highest BCUT2D eigenvalue weighted by Crippen LogP contribution is 2.32. The van der Waals surface area contributed by atoms with Crippen LogP contribution in [0.25, 0.3) is 0 Å². The molecule has 0 fully saturated rings. The van der Waals surface area contributed by atoms with E-state index < -0.39 is 0 Å². The molecule has 0 radical (unpaired) electrons. The summed E-state index contributed by atoms with van der Waals surface area (Å²) in [6.45, 7) is 0.575. The van der Waals surface area contributed by atoms with Gasteiger partial charge < -0.3 is 9.84 Å². The van der Waals surface area contributed by atoms with Gasteiger partial charge in [-0.05, 0) is 64.5 Å². The van der Waals surface area contributed by atoms with Crippen LogP contribution in [0.5, 0.6) is 5.75 Å². The zero-order valence-corrected chi connectivity index (χ0v) is 12.8. The lowest BCUT2D eigenvalue weighted by Gasteiger charge is -2.21. The molecule has 1 heterocycles. The summed E-state index contributed by atoms with van der Waals surface area (Å²) in [5.74, 6) is 0.837. The summed E-state index contributed by atoms with van der Waals surface area (Å²) >= 11 is 5.11. The molecule has 0 spiro atoms. The van der Waals surface area contributed by atoms with Gasteiger partial charge in [0.25, 0.3) is 0 Å². The van der Waals surface area contributed by atoms with Crippen molar-refractivity contribution in [3.8, 4) is 5.75 Å². The number of aliphatic hydroxyl groups excluding tert-OH is 1. The first-order chi connectivity index (χ1) is 9.22. The molecule has 0 aliphatic heterocycles. The second-order valence-electron chi connectivity index (χ2n) is 4.79. The third kappa shape index (κ3) is 3.02. The Balaban J connectivity index is 1.73. The largest absolute Gasteiger partial charge is 0.488 e. The highest BCUT2D eigenvalue weighted by Gasteiger charge is 2.18. The zero-order valence-electron chi connectivity index (χ0n) is 10.4. The Morgan fingerprint density at radius 2 is 2.26 bits per heavy atom. The lowest BCUT2D eigenvalue weighted by molar-refractivity contribution is 0.156. The molecule has 1 aromatic carbocycles. The monoisotopic (exact) mass is 338 g/mol. The van der Waals surface area contributed by atoms with E-state index in [0.717, 1.165) is 35.0 Å². The van der Waals surface area contributed by atoms with Crippen molar-refractivity contribution in [3.63, 3.8) is 0 Å². The molecule has 19 heavy (non-hydrogen) atoms. The van der Waals surface area contributed by atoms with E-state index in [2.05, 4.69) is 33.4 Å². The molecule has 2 aromatic rings. The summed E-state index contributed by atoms with van der Waals surface area (Å²) in [6.07, 6.45) is 2.65. The van der Waals surface area contributed by atoms with Gasteiger partial charge in [-0.15, -0.1) is 11.3 Å². The topological polar surface area (TPSA) is 29.5 Å². The predicted octanol–water partition coefficient (Wildman–Crippen LogP) is 4.46. The number of ether oxygens (including phenoxy) is 1. The Bertz CT molecular complexity index is 579. The summed E-state index contributed by atoms with van der Waals surface area (Å²) in [4.78, 5) is 1.19. The Labute approximate surface area is 125 Å². The van der Waals surface area contributed by atoms with Crippen LogP contribution in [0.1, 0.15) is 34.9 Å². The van der Waals surface area contributed by atoms with E-state index in [1.54, 1.807) is 11.3 Å². The molecule has 0 saturated carbocycles. The smallest absolute Gasteiger partial charge is 0.122 e. The third-order valence-electron chi connectivity index (χ3n) is 3.40. The van der Waals surface area contributed by atoms with Crippen molar-refractivity contribution in [3.05, 3.63) is 50.1 Å². The van der Waals surface area contributed by atoms with Crippen molar-refractivity contribution in [2.75, 3.05) is 0 Å². The number of aryl methyl sites for hydroxylation is 1. The molecule has 1 N–H and O–H groups in total. The van der Waals surface area contributed by atoms with Gasteiger partial charge in [0, 0.05) is 14.7 Å². The van der Waals surface area contributed by atoms with Crippen molar-refractivity contribution >= 4 is 27.3 Å². The number of aliphatic hydroxyl groups is 1. The fourth-order valence-corrected chi connectivity index (χ4v) is 3.79. The molecule has 1 aliphatic carbocycles. The lowest BCUT2D eigenvalue weighted by atomic mass is 9.89. The van der Waals surface area contributed by atoms with E-state index >= 15 is 0 Å². The van der Waals surface area contributed by atoms with E-state index in [1.165, 1.54) is 10.4 Å². The van der Waals surface area contributed by atoms with Gasteiger partial charge in [-0.2, -0.15) is 0 Å². The average Bonchev–Trinajstić information content (AvgIpc) is 2.83. The van der Waals surface area contributed by atoms with E-state index in [-0.39, 0.29) is 6.10 Å². The maximum absolute atomic E-state index is 10.0. The first-order valence-corrected chi connectivity index (χ1v) is 8.06. The Morgan fingerprint density at radius 1 is 1.37 bits per heavy atom. The van der Waals surface area contributed by atoms with Crippen molar-refractivity contribution in [2.45, 2.75) is 32.0 Å². The van der Waals surface area contributed by atoms with Gasteiger partial charge in [0.2, 0.25) is 0 Å². The second-order valence-corrected chi connectivity index (χ2v) is 6.70. The van der Waals surface area contributed by atoms with Gasteiger partial charge in [-0.3, -0.25) is 0 Å². The van der Waals surface area contributed by atoms with Gasteiger partial charge in [0.1, 0.15) is 12.4 Å². The van der Waals surface area contributed by atoms with E-state index in [4.69, 9.17) is 4.74 Å². The minimum atomic E-state index is -0.330. The van der Waals surface area contributed by atoms with E-state index in [1.807, 2.05) is 12.1 Å². The van der Waals surface area contributed by atoms with Gasteiger partial charge >= 0.3 is 0 Å². The van der Waals surface area contributed by atoms with Crippen LogP contribution < -0.4 is 4.74 Å². The fraction of sp³-hybridized carbons (Fsp3) is 0.333. The van der Waals surface area contributed by atoms with Crippen LogP contribution in [0.3, 0.4) is 0 Å². The molecule has 3 rings (SSSR count). The maximum Gasteiger partial charge on any atom is 0.122 e. The number of hydrogen-bond donors (Lipinski definition) is 1. The first kappa shape index (κ1) is 13.2. The molecule has 0 saturated heterocycles. The van der Waals surface area contributed by atoms with E-state index in [9.17, 15) is 5.11 Å². The van der Waals surface area contributed by atoms with Crippen LogP contribution in [0.4, 0.5) is 0 Å². The number of rotatable bonds is 3.